The van der Waals surface area contributed by atoms with Crippen LogP contribution in [0.25, 0.3) is 0 Å². The molecule has 0 fully saturated rings. The van der Waals surface area contributed by atoms with Gasteiger partial charge in [0.25, 0.3) is 0 Å². The van der Waals surface area contributed by atoms with Crippen LogP contribution in [0.1, 0.15) is 20.3 Å². The molecule has 20 heavy (non-hydrogen) atoms. The lowest BCUT2D eigenvalue weighted by Crippen LogP contribution is -2.34. The van der Waals surface area contributed by atoms with Crippen LogP contribution in [0.2, 0.25) is 0 Å². The summed E-state index contributed by atoms with van der Waals surface area (Å²) in [6.45, 7) is 4.85. The van der Waals surface area contributed by atoms with Crippen LogP contribution in [-0.4, -0.2) is 25.0 Å². The predicted molar refractivity (Wildman–Crippen MR) is 79.0 cm³/mol. The van der Waals surface area contributed by atoms with Gasteiger partial charge in [-0.1, -0.05) is 19.9 Å². The number of guanidine groups is 1. The van der Waals surface area contributed by atoms with E-state index in [1.807, 2.05) is 0 Å². The van der Waals surface area contributed by atoms with Crippen molar-refractivity contribution in [3.63, 3.8) is 0 Å². The Kier molecular flexibility index (Phi) is 6.49. The second kappa shape index (κ2) is 8.14. The topological polar surface area (TPSA) is 79.5 Å². The van der Waals surface area contributed by atoms with E-state index in [1.54, 1.807) is 6.07 Å². The number of aliphatic imine (C=N–C) groups is 1. The van der Waals surface area contributed by atoms with Crippen LogP contribution in [0.3, 0.4) is 0 Å². The normalized spacial score (nSPS) is 11.5. The largest absolute Gasteiger partial charge is 0.370 e. The SMILES string of the molecule is CC(C)CCNC(N)=NCC(=O)Nc1cccc(F)c1. The van der Waals surface area contributed by atoms with Gasteiger partial charge in [0, 0.05) is 12.2 Å². The molecule has 5 nitrogen and oxygen atoms in total. The lowest BCUT2D eigenvalue weighted by molar-refractivity contribution is -0.114. The van der Waals surface area contributed by atoms with Gasteiger partial charge >= 0.3 is 0 Å². The molecule has 0 heterocycles. The van der Waals surface area contributed by atoms with Crippen molar-refractivity contribution in [2.24, 2.45) is 16.6 Å². The summed E-state index contributed by atoms with van der Waals surface area (Å²) in [5.41, 5.74) is 6.02. The van der Waals surface area contributed by atoms with Crippen LogP contribution in [0.15, 0.2) is 29.3 Å². The zero-order valence-corrected chi connectivity index (χ0v) is 11.8. The van der Waals surface area contributed by atoms with E-state index in [0.29, 0.717) is 11.6 Å². The summed E-state index contributed by atoms with van der Waals surface area (Å²) < 4.78 is 12.9. The maximum atomic E-state index is 12.9. The Balaban J connectivity index is 2.35. The summed E-state index contributed by atoms with van der Waals surface area (Å²) in [4.78, 5) is 15.5. The van der Waals surface area contributed by atoms with Gasteiger partial charge in [-0.25, -0.2) is 9.38 Å². The highest BCUT2D eigenvalue weighted by Gasteiger charge is 2.02. The van der Waals surface area contributed by atoms with E-state index in [4.69, 9.17) is 5.73 Å². The summed E-state index contributed by atoms with van der Waals surface area (Å²) in [5, 5.41) is 5.47. The number of hydrogen-bond acceptors (Lipinski definition) is 2. The number of nitrogens with one attached hydrogen (secondary N) is 2. The summed E-state index contributed by atoms with van der Waals surface area (Å²) in [5.74, 6) is 0.0667. The third-order valence-electron chi connectivity index (χ3n) is 2.53. The molecule has 0 bridgehead atoms. The van der Waals surface area contributed by atoms with Crippen LogP contribution >= 0.6 is 0 Å². The molecule has 0 saturated carbocycles. The van der Waals surface area contributed by atoms with Crippen molar-refractivity contribution in [3.05, 3.63) is 30.1 Å². The van der Waals surface area contributed by atoms with Gasteiger partial charge in [-0.2, -0.15) is 0 Å². The fourth-order valence-electron chi connectivity index (χ4n) is 1.47. The quantitative estimate of drug-likeness (QED) is 0.548. The predicted octanol–water partition coefficient (Wildman–Crippen LogP) is 1.71. The molecule has 0 saturated heterocycles. The Morgan fingerprint density at radius 2 is 2.20 bits per heavy atom. The van der Waals surface area contributed by atoms with Crippen molar-refractivity contribution in [1.82, 2.24) is 5.32 Å². The van der Waals surface area contributed by atoms with E-state index < -0.39 is 5.82 Å². The fraction of sp³-hybridized carbons (Fsp3) is 0.429. The number of benzene rings is 1. The number of nitrogens with two attached hydrogens (primary N) is 1. The lowest BCUT2D eigenvalue weighted by atomic mass is 10.1. The van der Waals surface area contributed by atoms with Crippen molar-refractivity contribution in [2.75, 3.05) is 18.4 Å². The summed E-state index contributed by atoms with van der Waals surface area (Å²) in [6, 6.07) is 5.68. The zero-order chi connectivity index (χ0) is 15.0. The number of nitrogens with zero attached hydrogens (tertiary/aromatic N) is 1. The molecule has 0 radical (unpaired) electrons. The maximum Gasteiger partial charge on any atom is 0.246 e. The van der Waals surface area contributed by atoms with Gasteiger partial charge < -0.3 is 16.4 Å². The number of carbonyl (C=O) groups is 1. The molecule has 0 aliphatic rings. The van der Waals surface area contributed by atoms with Crippen LogP contribution in [0.5, 0.6) is 0 Å². The third kappa shape index (κ3) is 6.72. The number of carbonyl (C=O) groups excluding carboxylic acids is 1. The first-order valence-electron chi connectivity index (χ1n) is 6.56. The minimum absolute atomic E-state index is 0.100. The van der Waals surface area contributed by atoms with E-state index in [9.17, 15) is 9.18 Å². The molecule has 1 aromatic rings. The first kappa shape index (κ1) is 15.9. The van der Waals surface area contributed by atoms with Crippen LogP contribution < -0.4 is 16.4 Å². The van der Waals surface area contributed by atoms with Crippen LogP contribution in [0.4, 0.5) is 10.1 Å². The molecular weight excluding hydrogens is 259 g/mol. The lowest BCUT2D eigenvalue weighted by Gasteiger charge is -2.07. The molecular formula is C14H21FN4O. The summed E-state index contributed by atoms with van der Waals surface area (Å²) >= 11 is 0. The summed E-state index contributed by atoms with van der Waals surface area (Å²) in [6.07, 6.45) is 0.978. The van der Waals surface area contributed by atoms with Gasteiger partial charge in [0.15, 0.2) is 5.96 Å². The number of amides is 1. The molecule has 0 spiro atoms. The molecule has 4 N–H and O–H groups in total. The summed E-state index contributed by atoms with van der Waals surface area (Å²) in [7, 11) is 0. The molecule has 0 aliphatic heterocycles. The van der Waals surface area contributed by atoms with Crippen molar-refractivity contribution < 1.29 is 9.18 Å². The Morgan fingerprint density at radius 3 is 2.85 bits per heavy atom. The van der Waals surface area contributed by atoms with Gasteiger partial charge in [-0.15, -0.1) is 0 Å². The number of anilines is 1. The highest BCUT2D eigenvalue weighted by molar-refractivity contribution is 5.93. The highest BCUT2D eigenvalue weighted by atomic mass is 19.1. The minimum atomic E-state index is -0.402. The molecule has 1 amide bonds. The molecule has 0 atom stereocenters. The van der Waals surface area contributed by atoms with Gasteiger partial charge in [0.1, 0.15) is 12.4 Å². The first-order valence-corrected chi connectivity index (χ1v) is 6.56. The fourth-order valence-corrected chi connectivity index (χ4v) is 1.47. The Hall–Kier alpha value is -2.11. The standard InChI is InChI=1S/C14H21FN4O/c1-10(2)6-7-17-14(16)18-9-13(20)19-12-5-3-4-11(15)8-12/h3-5,8,10H,6-7,9H2,1-2H3,(H,19,20)(H3,16,17,18). The van der Waals surface area contributed by atoms with E-state index in [0.717, 1.165) is 13.0 Å². The van der Waals surface area contributed by atoms with Gasteiger partial charge in [0.2, 0.25) is 5.91 Å². The van der Waals surface area contributed by atoms with Crippen LogP contribution in [-0.2, 0) is 4.79 Å². The molecule has 0 aromatic heterocycles. The maximum absolute atomic E-state index is 12.9. The van der Waals surface area contributed by atoms with Crippen molar-refractivity contribution in [3.8, 4) is 0 Å². The second-order valence-corrected chi connectivity index (χ2v) is 4.87. The van der Waals surface area contributed by atoms with E-state index >= 15 is 0 Å². The first-order chi connectivity index (χ1) is 9.47. The van der Waals surface area contributed by atoms with Gasteiger partial charge in [0.05, 0.1) is 0 Å². The van der Waals surface area contributed by atoms with Crippen LogP contribution in [0, 0.1) is 11.7 Å². The van der Waals surface area contributed by atoms with E-state index in [1.165, 1.54) is 18.2 Å². The van der Waals surface area contributed by atoms with E-state index in [2.05, 4.69) is 29.5 Å². The third-order valence-corrected chi connectivity index (χ3v) is 2.53. The average Bonchev–Trinajstić information content (AvgIpc) is 2.36. The second-order valence-electron chi connectivity index (χ2n) is 4.87. The van der Waals surface area contributed by atoms with Crippen molar-refractivity contribution in [2.45, 2.75) is 20.3 Å². The monoisotopic (exact) mass is 280 g/mol. The van der Waals surface area contributed by atoms with Gasteiger partial charge in [-0.05, 0) is 30.5 Å². The molecule has 1 rings (SSSR count). The van der Waals surface area contributed by atoms with Crippen molar-refractivity contribution >= 4 is 17.6 Å². The smallest absolute Gasteiger partial charge is 0.246 e. The molecule has 0 unspecified atom stereocenters. The Bertz CT molecular complexity index is 474. The highest BCUT2D eigenvalue weighted by Crippen LogP contribution is 2.08. The minimum Gasteiger partial charge on any atom is -0.370 e. The number of halogens is 1. The molecule has 0 aliphatic carbocycles. The molecule has 110 valence electrons. The Morgan fingerprint density at radius 1 is 1.45 bits per heavy atom. The molecule has 1 aromatic carbocycles. The average molecular weight is 280 g/mol. The molecule has 6 heteroatoms. The van der Waals surface area contributed by atoms with E-state index in [-0.39, 0.29) is 18.4 Å². The van der Waals surface area contributed by atoms with Crippen molar-refractivity contribution in [1.29, 1.82) is 0 Å². The zero-order valence-electron chi connectivity index (χ0n) is 11.8. The number of rotatable bonds is 6. The number of hydrogen-bond donors (Lipinski definition) is 3. The van der Waals surface area contributed by atoms with Gasteiger partial charge in [-0.3, -0.25) is 4.79 Å². The Labute approximate surface area is 118 Å².